The molecule has 1 atom stereocenters. The van der Waals surface area contributed by atoms with E-state index in [-0.39, 0.29) is 6.42 Å². The van der Waals surface area contributed by atoms with Crippen LogP contribution >= 0.6 is 0 Å². The van der Waals surface area contributed by atoms with Crippen LogP contribution < -0.4 is 0 Å². The second kappa shape index (κ2) is 4.78. The fraction of sp³-hybridized carbons (Fsp3) is 0.667. The van der Waals surface area contributed by atoms with Gasteiger partial charge in [-0.1, -0.05) is 6.08 Å². The second-order valence-corrected chi connectivity index (χ2v) is 1.65. The number of alkyl halides is 1. The van der Waals surface area contributed by atoms with Crippen LogP contribution in [-0.4, -0.2) is 11.5 Å². The van der Waals surface area contributed by atoms with Crippen LogP contribution in [0.25, 0.3) is 0 Å². The molecule has 1 unspecified atom stereocenters. The Bertz CT molecular complexity index is 61.5. The first-order valence-electron chi connectivity index (χ1n) is 2.70. The molecule has 0 aliphatic rings. The topological polar surface area (TPSA) is 20.2 Å². The lowest BCUT2D eigenvalue weighted by atomic mass is 10.2. The van der Waals surface area contributed by atoms with Gasteiger partial charge in [-0.05, 0) is 12.8 Å². The Kier molecular flexibility index (Phi) is 4.56. The zero-order valence-electron chi connectivity index (χ0n) is 4.81. The Hall–Kier alpha value is -0.370. The molecule has 0 amide bonds. The highest BCUT2D eigenvalue weighted by Gasteiger charge is 1.95. The lowest BCUT2D eigenvalue weighted by Gasteiger charge is -1.95. The van der Waals surface area contributed by atoms with Crippen LogP contribution in [0.2, 0.25) is 0 Å². The second-order valence-electron chi connectivity index (χ2n) is 1.65. The average Bonchev–Trinajstić information content (AvgIpc) is 1.66. The monoisotopic (exact) mass is 118 g/mol. The van der Waals surface area contributed by atoms with Gasteiger partial charge in [0.2, 0.25) is 0 Å². The van der Waals surface area contributed by atoms with Crippen molar-refractivity contribution in [3.63, 3.8) is 0 Å². The summed E-state index contributed by atoms with van der Waals surface area (Å²) in [6.07, 6.45) is 1.76. The first kappa shape index (κ1) is 7.63. The van der Waals surface area contributed by atoms with Gasteiger partial charge in [0.05, 0.1) is 0 Å². The van der Waals surface area contributed by atoms with Gasteiger partial charge >= 0.3 is 0 Å². The molecule has 0 aliphatic heterocycles. The third-order valence-corrected chi connectivity index (χ3v) is 0.851. The molecule has 0 saturated heterocycles. The summed E-state index contributed by atoms with van der Waals surface area (Å²) in [6.45, 7) is 3.45. The Morgan fingerprint density at radius 1 is 1.75 bits per heavy atom. The van der Waals surface area contributed by atoms with Crippen LogP contribution in [0.1, 0.15) is 19.3 Å². The summed E-state index contributed by atoms with van der Waals surface area (Å²) in [4.78, 5) is 0. The van der Waals surface area contributed by atoms with Crippen LogP contribution in [-0.2, 0) is 0 Å². The Balaban J connectivity index is 2.81. The van der Waals surface area contributed by atoms with Crippen molar-refractivity contribution in [2.24, 2.45) is 0 Å². The van der Waals surface area contributed by atoms with Crippen LogP contribution in [0.15, 0.2) is 12.7 Å². The fourth-order valence-corrected chi connectivity index (χ4v) is 0.431. The molecule has 0 bridgehead atoms. The first-order chi connectivity index (χ1) is 3.77. The highest BCUT2D eigenvalue weighted by atomic mass is 19.1. The molecule has 0 aromatic rings. The summed E-state index contributed by atoms with van der Waals surface area (Å²) in [5.41, 5.74) is 0. The number of hydrogen-bond donors (Lipinski definition) is 1. The van der Waals surface area contributed by atoms with E-state index in [0.717, 1.165) is 6.42 Å². The summed E-state index contributed by atoms with van der Waals surface area (Å²) < 4.78 is 11.5. The number of aliphatic hydroxyl groups excluding tert-OH is 1. The van der Waals surface area contributed by atoms with E-state index >= 15 is 0 Å². The maximum absolute atomic E-state index is 11.5. The molecule has 1 nitrogen and oxygen atoms in total. The van der Waals surface area contributed by atoms with E-state index in [1.54, 1.807) is 6.08 Å². The highest BCUT2D eigenvalue weighted by Crippen LogP contribution is 2.00. The van der Waals surface area contributed by atoms with E-state index in [1.165, 1.54) is 0 Å². The number of rotatable bonds is 4. The molecule has 0 rings (SSSR count). The van der Waals surface area contributed by atoms with E-state index in [0.29, 0.717) is 6.42 Å². The first-order valence-corrected chi connectivity index (χ1v) is 2.70. The van der Waals surface area contributed by atoms with Crippen molar-refractivity contribution in [2.45, 2.75) is 25.6 Å². The number of unbranched alkanes of at least 4 members (excludes halogenated alkanes) is 1. The van der Waals surface area contributed by atoms with Crippen molar-refractivity contribution in [3.8, 4) is 0 Å². The SMILES string of the molecule is C=CCCCC(O)F. The number of aliphatic hydroxyl groups is 1. The van der Waals surface area contributed by atoms with Gasteiger partial charge in [0.1, 0.15) is 0 Å². The minimum atomic E-state index is -1.64. The van der Waals surface area contributed by atoms with Gasteiger partial charge in [-0.25, -0.2) is 4.39 Å². The Morgan fingerprint density at radius 2 is 2.38 bits per heavy atom. The lowest BCUT2D eigenvalue weighted by molar-refractivity contribution is 0.0331. The van der Waals surface area contributed by atoms with E-state index in [9.17, 15) is 4.39 Å². The zero-order chi connectivity index (χ0) is 6.41. The quantitative estimate of drug-likeness (QED) is 0.439. The lowest BCUT2D eigenvalue weighted by Crippen LogP contribution is -1.95. The molecule has 0 fully saturated rings. The smallest absolute Gasteiger partial charge is 0.196 e. The minimum Gasteiger partial charge on any atom is -0.364 e. The molecule has 0 aliphatic carbocycles. The Labute approximate surface area is 48.8 Å². The van der Waals surface area contributed by atoms with Gasteiger partial charge in [-0.2, -0.15) is 0 Å². The molecule has 0 aromatic carbocycles. The molecular formula is C6H11FO. The molecule has 0 radical (unpaired) electrons. The molecule has 0 heterocycles. The molecule has 2 heteroatoms. The van der Waals surface area contributed by atoms with E-state index in [2.05, 4.69) is 6.58 Å². The van der Waals surface area contributed by atoms with Crippen molar-refractivity contribution in [1.29, 1.82) is 0 Å². The molecule has 0 saturated carbocycles. The predicted molar refractivity (Wildman–Crippen MR) is 31.2 cm³/mol. The van der Waals surface area contributed by atoms with Crippen LogP contribution in [0.4, 0.5) is 4.39 Å². The van der Waals surface area contributed by atoms with Gasteiger partial charge < -0.3 is 5.11 Å². The van der Waals surface area contributed by atoms with Crippen molar-refractivity contribution in [1.82, 2.24) is 0 Å². The summed E-state index contributed by atoms with van der Waals surface area (Å²) in [5.74, 6) is 0. The van der Waals surface area contributed by atoms with Crippen molar-refractivity contribution in [2.75, 3.05) is 0 Å². The molecule has 8 heavy (non-hydrogen) atoms. The van der Waals surface area contributed by atoms with Crippen LogP contribution in [0.3, 0.4) is 0 Å². The summed E-state index contributed by atoms with van der Waals surface area (Å²) in [5, 5.41) is 8.08. The van der Waals surface area contributed by atoms with Crippen LogP contribution in [0.5, 0.6) is 0 Å². The largest absolute Gasteiger partial charge is 0.364 e. The number of halogens is 1. The summed E-state index contributed by atoms with van der Waals surface area (Å²) >= 11 is 0. The molecule has 0 aromatic heterocycles. The normalized spacial score (nSPS) is 13.2. The van der Waals surface area contributed by atoms with Crippen LogP contribution in [0, 0.1) is 0 Å². The van der Waals surface area contributed by atoms with E-state index in [1.807, 2.05) is 0 Å². The van der Waals surface area contributed by atoms with E-state index < -0.39 is 6.36 Å². The average molecular weight is 118 g/mol. The number of allylic oxidation sites excluding steroid dienone is 1. The molecular weight excluding hydrogens is 107 g/mol. The molecule has 0 spiro atoms. The van der Waals surface area contributed by atoms with Gasteiger partial charge in [-0.15, -0.1) is 6.58 Å². The molecule has 1 N–H and O–H groups in total. The summed E-state index contributed by atoms with van der Waals surface area (Å²) in [7, 11) is 0. The highest BCUT2D eigenvalue weighted by molar-refractivity contribution is 4.65. The third-order valence-electron chi connectivity index (χ3n) is 0.851. The van der Waals surface area contributed by atoms with Gasteiger partial charge in [-0.3, -0.25) is 0 Å². The Morgan fingerprint density at radius 3 is 2.75 bits per heavy atom. The van der Waals surface area contributed by atoms with Crippen molar-refractivity contribution in [3.05, 3.63) is 12.7 Å². The number of hydrogen-bond acceptors (Lipinski definition) is 1. The van der Waals surface area contributed by atoms with Gasteiger partial charge in [0.15, 0.2) is 6.36 Å². The third kappa shape index (κ3) is 5.63. The summed E-state index contributed by atoms with van der Waals surface area (Å²) in [6, 6.07) is 0. The van der Waals surface area contributed by atoms with Crippen molar-refractivity contribution >= 4 is 0 Å². The maximum Gasteiger partial charge on any atom is 0.196 e. The standard InChI is InChI=1S/C6H11FO/c1-2-3-4-5-6(7)8/h2,6,8H,1,3-5H2. The maximum atomic E-state index is 11.5. The molecule has 48 valence electrons. The minimum absolute atomic E-state index is 0.228. The predicted octanol–water partition coefficient (Wildman–Crippen LogP) is 1.63. The van der Waals surface area contributed by atoms with Crippen molar-refractivity contribution < 1.29 is 9.50 Å². The zero-order valence-corrected chi connectivity index (χ0v) is 4.81. The fourth-order valence-electron chi connectivity index (χ4n) is 0.431. The van der Waals surface area contributed by atoms with E-state index in [4.69, 9.17) is 5.11 Å². The van der Waals surface area contributed by atoms with Gasteiger partial charge in [0.25, 0.3) is 0 Å². The van der Waals surface area contributed by atoms with Gasteiger partial charge in [0, 0.05) is 6.42 Å².